The van der Waals surface area contributed by atoms with Crippen LogP contribution in [0.4, 0.5) is 15.9 Å². The molecule has 8 heteroatoms. The number of benzene rings is 1. The molecule has 0 fully saturated rings. The lowest BCUT2D eigenvalue weighted by molar-refractivity contribution is 0.0980. The van der Waals surface area contributed by atoms with Gasteiger partial charge in [-0.05, 0) is 18.4 Å². The monoisotopic (exact) mass is 338 g/mol. The average molecular weight is 339 g/mol. The van der Waals surface area contributed by atoms with Crippen LogP contribution in [0.15, 0.2) is 29.6 Å². The maximum Gasteiger partial charge on any atom is 0.265 e. The number of rotatable bonds is 2. The topological polar surface area (TPSA) is 49.3 Å². The number of nitrogens with zero attached hydrogens (tertiary/aromatic N) is 4. The fraction of sp³-hybridized carbons (Fsp3) is 0.214. The number of carbonyl (C=O) groups is 1. The van der Waals surface area contributed by atoms with Crippen molar-refractivity contribution in [2.45, 2.75) is 5.16 Å². The predicted molar refractivity (Wildman–Crippen MR) is 85.3 cm³/mol. The molecule has 0 bridgehead atoms. The van der Waals surface area contributed by atoms with Gasteiger partial charge in [0.1, 0.15) is 22.9 Å². The maximum absolute atomic E-state index is 14.1. The Bertz CT molecular complexity index is 737. The molecule has 0 N–H and O–H groups in total. The third kappa shape index (κ3) is 2.40. The molecule has 0 saturated heterocycles. The van der Waals surface area contributed by atoms with Gasteiger partial charge in [0.2, 0.25) is 0 Å². The summed E-state index contributed by atoms with van der Waals surface area (Å²) in [4.78, 5) is 24.2. The van der Waals surface area contributed by atoms with Crippen LogP contribution in [-0.4, -0.2) is 35.8 Å². The van der Waals surface area contributed by atoms with Gasteiger partial charge in [0.15, 0.2) is 5.16 Å². The molecule has 1 amide bonds. The van der Waals surface area contributed by atoms with E-state index in [0.29, 0.717) is 16.5 Å². The molecule has 5 nitrogen and oxygen atoms in total. The largest absolute Gasteiger partial charge is 0.341 e. The Hall–Kier alpha value is -1.86. The van der Waals surface area contributed by atoms with E-state index >= 15 is 0 Å². The summed E-state index contributed by atoms with van der Waals surface area (Å²) in [5, 5.41) is 0.766. The van der Waals surface area contributed by atoms with Crippen molar-refractivity contribution in [2.75, 3.05) is 29.8 Å². The van der Waals surface area contributed by atoms with Crippen molar-refractivity contribution in [2.24, 2.45) is 0 Å². The fourth-order valence-corrected chi connectivity index (χ4v) is 2.91. The zero-order valence-electron chi connectivity index (χ0n) is 11.9. The summed E-state index contributed by atoms with van der Waals surface area (Å²) >= 11 is 7.46. The molecule has 2 heterocycles. The highest BCUT2D eigenvalue weighted by Crippen LogP contribution is 2.34. The Morgan fingerprint density at radius 2 is 2.18 bits per heavy atom. The highest BCUT2D eigenvalue weighted by Gasteiger charge is 2.32. The number of amides is 1. The van der Waals surface area contributed by atoms with Crippen LogP contribution in [-0.2, 0) is 0 Å². The smallest absolute Gasteiger partial charge is 0.265 e. The Morgan fingerprint density at radius 3 is 2.86 bits per heavy atom. The van der Waals surface area contributed by atoms with Crippen molar-refractivity contribution >= 4 is 40.8 Å². The molecule has 114 valence electrons. The molecule has 1 aliphatic rings. The van der Waals surface area contributed by atoms with E-state index in [9.17, 15) is 9.18 Å². The van der Waals surface area contributed by atoms with E-state index in [2.05, 4.69) is 9.97 Å². The van der Waals surface area contributed by atoms with Gasteiger partial charge >= 0.3 is 0 Å². The quantitative estimate of drug-likeness (QED) is 0.622. The lowest BCUT2D eigenvalue weighted by Gasteiger charge is -2.35. The number of hydrogen-bond donors (Lipinski definition) is 0. The number of fused-ring (bicyclic) bond motifs is 1. The molecule has 1 aromatic heterocycles. The van der Waals surface area contributed by atoms with Crippen LogP contribution >= 0.6 is 23.4 Å². The van der Waals surface area contributed by atoms with E-state index in [4.69, 9.17) is 11.6 Å². The van der Waals surface area contributed by atoms with Crippen LogP contribution in [0.5, 0.6) is 0 Å². The van der Waals surface area contributed by atoms with Crippen LogP contribution < -0.4 is 9.80 Å². The van der Waals surface area contributed by atoms with Gasteiger partial charge in [-0.15, -0.1) is 0 Å². The summed E-state index contributed by atoms with van der Waals surface area (Å²) in [5.41, 5.74) is 0.395. The summed E-state index contributed by atoms with van der Waals surface area (Å²) in [6.07, 6.45) is 3.33. The molecule has 2 aromatic rings. The number of aromatic nitrogens is 2. The minimum atomic E-state index is -0.542. The number of para-hydroxylation sites is 1. The van der Waals surface area contributed by atoms with Crippen molar-refractivity contribution in [1.82, 2.24) is 9.97 Å². The number of anilines is 2. The lowest BCUT2D eigenvalue weighted by Crippen LogP contribution is -2.46. The molecular formula is C14H12ClFN4OS. The first-order chi connectivity index (χ1) is 10.5. The summed E-state index contributed by atoms with van der Waals surface area (Å²) in [6.45, 7) is 0.164. The standard InChI is InChI=1S/C14H12ClFN4OS/c1-19-7-20(11-9(15)4-3-5-10(11)16)13(21)8-6-17-14(22-2)18-12(8)19/h3-6H,7H2,1-2H3. The van der Waals surface area contributed by atoms with Crippen LogP contribution in [0.3, 0.4) is 0 Å². The number of halogens is 2. The zero-order valence-corrected chi connectivity index (χ0v) is 13.5. The van der Waals surface area contributed by atoms with Crippen LogP contribution in [0.1, 0.15) is 10.4 Å². The first kappa shape index (κ1) is 15.1. The molecule has 1 aromatic carbocycles. The average Bonchev–Trinajstić information content (AvgIpc) is 2.51. The molecule has 0 saturated carbocycles. The molecule has 0 unspecified atom stereocenters. The van der Waals surface area contributed by atoms with Gasteiger partial charge in [-0.25, -0.2) is 14.4 Å². The second kappa shape index (κ2) is 5.73. The van der Waals surface area contributed by atoms with Gasteiger partial charge in [0.25, 0.3) is 5.91 Å². The minimum absolute atomic E-state index is 0.0700. The van der Waals surface area contributed by atoms with Crippen molar-refractivity contribution in [1.29, 1.82) is 0 Å². The zero-order chi connectivity index (χ0) is 15.9. The Morgan fingerprint density at radius 1 is 1.41 bits per heavy atom. The highest BCUT2D eigenvalue weighted by molar-refractivity contribution is 7.98. The van der Waals surface area contributed by atoms with Crippen LogP contribution in [0.25, 0.3) is 0 Å². The van der Waals surface area contributed by atoms with E-state index in [1.807, 2.05) is 6.26 Å². The summed E-state index contributed by atoms with van der Waals surface area (Å²) in [7, 11) is 1.78. The number of carbonyl (C=O) groups excluding carboxylic acids is 1. The third-order valence-corrected chi connectivity index (χ3v) is 4.19. The van der Waals surface area contributed by atoms with Gasteiger partial charge in [0.05, 0.1) is 11.7 Å². The Kier molecular flexibility index (Phi) is 3.92. The number of thioether (sulfide) groups is 1. The molecular weight excluding hydrogens is 327 g/mol. The van der Waals surface area contributed by atoms with Gasteiger partial charge in [-0.1, -0.05) is 29.4 Å². The van der Waals surface area contributed by atoms with Gasteiger partial charge in [-0.2, -0.15) is 0 Å². The second-order valence-corrected chi connectivity index (χ2v) is 5.92. The predicted octanol–water partition coefficient (Wildman–Crippen LogP) is 3.05. The molecule has 3 rings (SSSR count). The van der Waals surface area contributed by atoms with Gasteiger partial charge in [0, 0.05) is 13.2 Å². The van der Waals surface area contributed by atoms with Crippen LogP contribution in [0, 0.1) is 5.82 Å². The Balaban J connectivity index is 2.09. The summed E-state index contributed by atoms with van der Waals surface area (Å²) in [6, 6.07) is 4.33. The van der Waals surface area contributed by atoms with Crippen LogP contribution in [0.2, 0.25) is 5.02 Å². The molecule has 0 spiro atoms. The molecule has 0 atom stereocenters. The van der Waals surface area contributed by atoms with E-state index in [1.165, 1.54) is 35.0 Å². The normalized spacial score (nSPS) is 14.3. The summed E-state index contributed by atoms with van der Waals surface area (Å²) in [5.74, 6) is -0.375. The van der Waals surface area contributed by atoms with Crippen molar-refractivity contribution in [3.63, 3.8) is 0 Å². The molecule has 0 aliphatic carbocycles. The van der Waals surface area contributed by atoms with E-state index in [0.717, 1.165) is 0 Å². The highest BCUT2D eigenvalue weighted by atomic mass is 35.5. The van der Waals surface area contributed by atoms with E-state index < -0.39 is 5.82 Å². The first-order valence-corrected chi connectivity index (χ1v) is 8.01. The van der Waals surface area contributed by atoms with Crippen molar-refractivity contribution < 1.29 is 9.18 Å². The van der Waals surface area contributed by atoms with E-state index in [1.54, 1.807) is 18.0 Å². The van der Waals surface area contributed by atoms with Gasteiger partial charge < -0.3 is 4.90 Å². The molecule has 0 radical (unpaired) electrons. The first-order valence-electron chi connectivity index (χ1n) is 6.41. The van der Waals surface area contributed by atoms with Crippen molar-refractivity contribution in [3.05, 3.63) is 40.8 Å². The fourth-order valence-electron chi connectivity index (χ4n) is 2.31. The SMILES string of the molecule is CSc1ncc2c(n1)N(C)CN(c1c(F)cccc1Cl)C2=O. The number of hydrogen-bond acceptors (Lipinski definition) is 5. The Labute approximate surface area is 136 Å². The molecule has 22 heavy (non-hydrogen) atoms. The molecule has 1 aliphatic heterocycles. The summed E-state index contributed by atoms with van der Waals surface area (Å²) < 4.78 is 14.1. The van der Waals surface area contributed by atoms with Crippen molar-refractivity contribution in [3.8, 4) is 0 Å². The second-order valence-electron chi connectivity index (χ2n) is 4.74. The lowest BCUT2D eigenvalue weighted by atomic mass is 10.2. The van der Waals surface area contributed by atoms with E-state index in [-0.39, 0.29) is 23.3 Å². The van der Waals surface area contributed by atoms with Gasteiger partial charge in [-0.3, -0.25) is 9.69 Å². The maximum atomic E-state index is 14.1. The minimum Gasteiger partial charge on any atom is -0.341 e. The third-order valence-electron chi connectivity index (χ3n) is 3.33.